The zero-order valence-electron chi connectivity index (χ0n) is 7.45. The first-order chi connectivity index (χ1) is 6.27. The summed E-state index contributed by atoms with van der Waals surface area (Å²) >= 11 is 0. The minimum Gasteiger partial charge on any atom is -0.259 e. The first kappa shape index (κ1) is 8.14. The third-order valence-electron chi connectivity index (χ3n) is 2.38. The Morgan fingerprint density at radius 3 is 2.92 bits per heavy atom. The molecule has 0 bridgehead atoms. The van der Waals surface area contributed by atoms with E-state index in [1.807, 2.05) is 19.1 Å². The lowest BCUT2D eigenvalue weighted by atomic mass is 10.1. The van der Waals surface area contributed by atoms with Gasteiger partial charge in [-0.05, 0) is 37.5 Å². The van der Waals surface area contributed by atoms with Gasteiger partial charge in [0.1, 0.15) is 5.54 Å². The molecule has 0 spiro atoms. The van der Waals surface area contributed by atoms with Crippen molar-refractivity contribution in [2.45, 2.75) is 25.3 Å². The number of aliphatic imine (C=N–C) groups is 1. The predicted molar refractivity (Wildman–Crippen MR) is 48.0 cm³/mol. The van der Waals surface area contributed by atoms with Crippen LogP contribution in [0.3, 0.4) is 0 Å². The molecular formula is C10H10N2O. The van der Waals surface area contributed by atoms with Crippen molar-refractivity contribution in [3.8, 4) is 0 Å². The summed E-state index contributed by atoms with van der Waals surface area (Å²) in [4.78, 5) is 18.2. The van der Waals surface area contributed by atoms with E-state index in [-0.39, 0.29) is 5.54 Å². The van der Waals surface area contributed by atoms with Crippen molar-refractivity contribution in [1.29, 1.82) is 0 Å². The fourth-order valence-electron chi connectivity index (χ4n) is 1.42. The van der Waals surface area contributed by atoms with E-state index < -0.39 is 0 Å². The maximum absolute atomic E-state index is 10.2. The summed E-state index contributed by atoms with van der Waals surface area (Å²) in [6.07, 6.45) is 5.21. The highest BCUT2D eigenvalue weighted by molar-refractivity contribution is 5.39. The normalized spacial score (nSPS) is 17.6. The first-order valence-electron chi connectivity index (χ1n) is 4.29. The van der Waals surface area contributed by atoms with Gasteiger partial charge in [-0.15, -0.1) is 0 Å². The second kappa shape index (κ2) is 2.79. The highest BCUT2D eigenvalue weighted by atomic mass is 16.1. The molecule has 13 heavy (non-hydrogen) atoms. The van der Waals surface area contributed by atoms with Crippen molar-refractivity contribution in [3.63, 3.8) is 0 Å². The molecule has 0 N–H and O–H groups in total. The highest BCUT2D eigenvalue weighted by Gasteiger charge is 2.46. The minimum atomic E-state index is -0.326. The van der Waals surface area contributed by atoms with Crippen LogP contribution in [0.15, 0.2) is 23.3 Å². The number of isocyanates is 1. The van der Waals surface area contributed by atoms with Gasteiger partial charge in [0.05, 0.1) is 5.69 Å². The molecule has 0 atom stereocenters. The summed E-state index contributed by atoms with van der Waals surface area (Å²) in [7, 11) is 0. The summed E-state index contributed by atoms with van der Waals surface area (Å²) < 4.78 is 0. The van der Waals surface area contributed by atoms with E-state index in [0.717, 1.165) is 24.1 Å². The monoisotopic (exact) mass is 174 g/mol. The Morgan fingerprint density at radius 1 is 1.62 bits per heavy atom. The molecule has 1 heterocycles. The third kappa shape index (κ3) is 1.38. The lowest BCUT2D eigenvalue weighted by molar-refractivity contribution is 0.555. The van der Waals surface area contributed by atoms with Crippen molar-refractivity contribution in [2.24, 2.45) is 4.99 Å². The number of aryl methyl sites for hydroxylation is 1. The second-order valence-electron chi connectivity index (χ2n) is 3.45. The number of hydrogen-bond acceptors (Lipinski definition) is 3. The van der Waals surface area contributed by atoms with Crippen LogP contribution >= 0.6 is 0 Å². The van der Waals surface area contributed by atoms with Gasteiger partial charge in [0.2, 0.25) is 6.08 Å². The van der Waals surface area contributed by atoms with E-state index in [9.17, 15) is 4.79 Å². The maximum Gasteiger partial charge on any atom is 0.235 e. The molecule has 3 nitrogen and oxygen atoms in total. The number of nitrogens with zero attached hydrogens (tertiary/aromatic N) is 2. The summed E-state index contributed by atoms with van der Waals surface area (Å²) in [6, 6.07) is 3.91. The SMILES string of the molecule is Cc1ccnc(C2(N=C=O)CC2)c1. The molecule has 1 aromatic heterocycles. The van der Waals surface area contributed by atoms with Crippen LogP contribution in [0.4, 0.5) is 0 Å². The molecule has 1 saturated carbocycles. The molecule has 0 unspecified atom stereocenters. The molecule has 3 heteroatoms. The van der Waals surface area contributed by atoms with Crippen LogP contribution in [-0.2, 0) is 10.3 Å². The lowest BCUT2D eigenvalue weighted by Gasteiger charge is -2.06. The topological polar surface area (TPSA) is 42.3 Å². The second-order valence-corrected chi connectivity index (χ2v) is 3.45. The molecule has 0 amide bonds. The molecule has 1 aromatic rings. The number of rotatable bonds is 2. The summed E-state index contributed by atoms with van der Waals surface area (Å²) in [5, 5.41) is 0. The third-order valence-corrected chi connectivity index (χ3v) is 2.38. The summed E-state index contributed by atoms with van der Waals surface area (Å²) in [5.74, 6) is 0. The molecule has 1 aliphatic rings. The Kier molecular flexibility index (Phi) is 1.74. The van der Waals surface area contributed by atoms with Gasteiger partial charge < -0.3 is 0 Å². The average Bonchev–Trinajstić information content (AvgIpc) is 2.86. The van der Waals surface area contributed by atoms with Gasteiger partial charge in [-0.1, -0.05) is 0 Å². The van der Waals surface area contributed by atoms with E-state index in [4.69, 9.17) is 0 Å². The van der Waals surface area contributed by atoms with Crippen LogP contribution in [-0.4, -0.2) is 11.1 Å². The molecule has 0 radical (unpaired) electrons. The predicted octanol–water partition coefficient (Wildman–Crippen LogP) is 1.71. The molecular weight excluding hydrogens is 164 g/mol. The molecule has 1 aliphatic carbocycles. The zero-order valence-corrected chi connectivity index (χ0v) is 7.45. The number of aromatic nitrogens is 1. The van der Waals surface area contributed by atoms with Gasteiger partial charge >= 0.3 is 0 Å². The van der Waals surface area contributed by atoms with E-state index in [0.29, 0.717) is 0 Å². The van der Waals surface area contributed by atoms with Crippen LogP contribution in [0.1, 0.15) is 24.1 Å². The molecule has 0 aromatic carbocycles. The molecule has 1 fully saturated rings. The van der Waals surface area contributed by atoms with Crippen molar-refractivity contribution < 1.29 is 4.79 Å². The van der Waals surface area contributed by atoms with Crippen LogP contribution in [0.5, 0.6) is 0 Å². The van der Waals surface area contributed by atoms with Crippen LogP contribution in [0.25, 0.3) is 0 Å². The van der Waals surface area contributed by atoms with Gasteiger partial charge in [-0.3, -0.25) is 4.98 Å². The molecule has 66 valence electrons. The van der Waals surface area contributed by atoms with Crippen LogP contribution in [0, 0.1) is 6.92 Å². The smallest absolute Gasteiger partial charge is 0.235 e. The van der Waals surface area contributed by atoms with Gasteiger partial charge in [-0.25, -0.2) is 4.79 Å². The van der Waals surface area contributed by atoms with Crippen molar-refractivity contribution in [1.82, 2.24) is 4.98 Å². The Balaban J connectivity index is 2.40. The Labute approximate surface area is 76.5 Å². The van der Waals surface area contributed by atoms with Crippen LogP contribution < -0.4 is 0 Å². The van der Waals surface area contributed by atoms with Crippen molar-refractivity contribution in [2.75, 3.05) is 0 Å². The summed E-state index contributed by atoms with van der Waals surface area (Å²) in [6.45, 7) is 2.01. The minimum absolute atomic E-state index is 0.326. The van der Waals surface area contributed by atoms with E-state index >= 15 is 0 Å². The van der Waals surface area contributed by atoms with Gasteiger partial charge in [-0.2, -0.15) is 4.99 Å². The van der Waals surface area contributed by atoms with Crippen LogP contribution in [0.2, 0.25) is 0 Å². The van der Waals surface area contributed by atoms with E-state index in [1.165, 1.54) is 0 Å². The number of pyridine rings is 1. The standard InChI is InChI=1S/C10H10N2O/c1-8-2-5-11-9(6-8)10(3-4-10)12-7-13/h2,5-6H,3-4H2,1H3. The van der Waals surface area contributed by atoms with Gasteiger partial charge in [0.25, 0.3) is 0 Å². The van der Waals surface area contributed by atoms with Crippen molar-refractivity contribution in [3.05, 3.63) is 29.6 Å². The molecule has 2 rings (SSSR count). The van der Waals surface area contributed by atoms with Gasteiger partial charge in [0.15, 0.2) is 0 Å². The number of carbonyl (C=O) groups excluding carboxylic acids is 1. The highest BCUT2D eigenvalue weighted by Crippen LogP contribution is 2.48. The van der Waals surface area contributed by atoms with E-state index in [1.54, 1.807) is 12.3 Å². The zero-order chi connectivity index (χ0) is 9.31. The average molecular weight is 174 g/mol. The summed E-state index contributed by atoms with van der Waals surface area (Å²) in [5.41, 5.74) is 1.72. The Hall–Kier alpha value is -1.47. The first-order valence-corrected chi connectivity index (χ1v) is 4.29. The largest absolute Gasteiger partial charge is 0.259 e. The fourth-order valence-corrected chi connectivity index (χ4v) is 1.42. The van der Waals surface area contributed by atoms with Gasteiger partial charge in [0, 0.05) is 6.20 Å². The van der Waals surface area contributed by atoms with E-state index in [2.05, 4.69) is 9.98 Å². The Bertz CT molecular complexity index is 376. The molecule has 0 saturated heterocycles. The van der Waals surface area contributed by atoms with Crippen molar-refractivity contribution >= 4 is 6.08 Å². The quantitative estimate of drug-likeness (QED) is 0.506. The number of hydrogen-bond donors (Lipinski definition) is 0. The fraction of sp³-hybridized carbons (Fsp3) is 0.400. The molecule has 0 aliphatic heterocycles. The maximum atomic E-state index is 10.2. The Morgan fingerprint density at radius 2 is 2.38 bits per heavy atom. The lowest BCUT2D eigenvalue weighted by Crippen LogP contribution is -2.05.